The fourth-order valence-corrected chi connectivity index (χ4v) is 12.2. The Morgan fingerprint density at radius 2 is 1.00 bits per heavy atom. The second-order valence-corrected chi connectivity index (χ2v) is 14.9. The first-order chi connectivity index (χ1) is 8.93. The lowest BCUT2D eigenvalue weighted by Crippen LogP contribution is -2.38. The highest BCUT2D eigenvalue weighted by Gasteiger charge is 2.59. The molecule has 2 saturated heterocycles. The van der Waals surface area contributed by atoms with Gasteiger partial charge < -0.3 is 0 Å². The Kier molecular flexibility index (Phi) is 4.57. The lowest BCUT2D eigenvalue weighted by Gasteiger charge is -2.51. The lowest BCUT2D eigenvalue weighted by molar-refractivity contribution is 0.668. The molecule has 4 atom stereocenters. The van der Waals surface area contributed by atoms with Gasteiger partial charge in [0, 0.05) is 22.6 Å². The van der Waals surface area contributed by atoms with E-state index in [-0.39, 0.29) is 0 Å². The smallest absolute Gasteiger partial charge is 0.128 e. The van der Waals surface area contributed by atoms with Gasteiger partial charge in [0.15, 0.2) is 0 Å². The average molecular weight is 314 g/mol. The molecule has 0 aromatic rings. The van der Waals surface area contributed by atoms with E-state index in [9.17, 15) is 0 Å². The predicted octanol–water partition coefficient (Wildman–Crippen LogP) is 3.50. The maximum absolute atomic E-state index is 2.63. The summed E-state index contributed by atoms with van der Waals surface area (Å²) in [7, 11) is 0.109. The lowest BCUT2D eigenvalue weighted by atomic mass is 10.1. The van der Waals surface area contributed by atoms with Crippen molar-refractivity contribution in [3.63, 3.8) is 0 Å². The van der Waals surface area contributed by atoms with Crippen molar-refractivity contribution in [3.05, 3.63) is 0 Å². The summed E-state index contributed by atoms with van der Waals surface area (Å²) in [6, 6.07) is 0. The molecule has 0 saturated carbocycles. The van der Waals surface area contributed by atoms with Gasteiger partial charge in [-0.3, -0.25) is 0 Å². The molecule has 20 heavy (non-hydrogen) atoms. The van der Waals surface area contributed by atoms with E-state index in [0.717, 1.165) is 0 Å². The number of rotatable bonds is 1. The molecule has 0 amide bonds. The summed E-state index contributed by atoms with van der Waals surface area (Å²) < 4.78 is 0. The molecule has 2 aliphatic heterocycles. The molecular formula is C16H38B2P2. The fraction of sp³-hybridized carbons (Fsp3) is 1.00. The van der Waals surface area contributed by atoms with Crippen LogP contribution in [-0.2, 0) is 0 Å². The normalized spacial score (nSPS) is 43.2. The van der Waals surface area contributed by atoms with Crippen LogP contribution in [0.5, 0.6) is 0 Å². The third kappa shape index (κ3) is 2.56. The van der Waals surface area contributed by atoms with Crippen molar-refractivity contribution >= 4 is 29.4 Å². The van der Waals surface area contributed by atoms with Crippen LogP contribution in [0.15, 0.2) is 0 Å². The van der Waals surface area contributed by atoms with Gasteiger partial charge in [0.1, 0.15) is 15.1 Å². The average Bonchev–Trinajstić information content (AvgIpc) is 2.81. The van der Waals surface area contributed by atoms with Gasteiger partial charge in [-0.1, -0.05) is 0 Å². The molecule has 4 heteroatoms. The van der Waals surface area contributed by atoms with Crippen molar-refractivity contribution in [3.8, 4) is 0 Å². The van der Waals surface area contributed by atoms with Crippen LogP contribution in [0.2, 0.25) is 0 Å². The van der Waals surface area contributed by atoms with Crippen molar-refractivity contribution in [2.45, 2.75) is 88.9 Å². The van der Waals surface area contributed by atoms with E-state index in [4.69, 9.17) is 0 Å². The van der Waals surface area contributed by atoms with Crippen LogP contribution in [-0.4, -0.2) is 49.1 Å². The van der Waals surface area contributed by atoms with Crippen molar-refractivity contribution in [2.24, 2.45) is 0 Å². The largest absolute Gasteiger partial charge is 0.146 e. The highest BCUT2D eigenvalue weighted by molar-refractivity contribution is 8.02. The van der Waals surface area contributed by atoms with E-state index in [2.05, 4.69) is 41.5 Å². The molecule has 0 radical (unpaired) electrons. The molecule has 0 nitrogen and oxygen atoms in total. The molecule has 2 heterocycles. The van der Waals surface area contributed by atoms with Gasteiger partial charge in [-0.25, -0.2) is 0 Å². The van der Waals surface area contributed by atoms with Crippen LogP contribution in [0.4, 0.5) is 0 Å². The van der Waals surface area contributed by atoms with Crippen molar-refractivity contribution in [1.29, 1.82) is 0 Å². The summed E-state index contributed by atoms with van der Waals surface area (Å²) >= 11 is 0. The molecule has 2 fully saturated rings. The first kappa shape index (κ1) is 17.3. The summed E-state index contributed by atoms with van der Waals surface area (Å²) in [6.07, 6.45) is 9.95. The Morgan fingerprint density at radius 3 is 1.25 bits per heavy atom. The zero-order valence-corrected chi connectivity index (χ0v) is 15.1. The summed E-state index contributed by atoms with van der Waals surface area (Å²) in [5.74, 6) is 0. The maximum atomic E-state index is 2.63. The quantitative estimate of drug-likeness (QED) is 0.513. The monoisotopic (exact) mass is 314 g/mol. The Labute approximate surface area is 131 Å². The number of hydrogen-bond acceptors (Lipinski definition) is 0. The highest BCUT2D eigenvalue weighted by Crippen LogP contribution is 2.82. The molecule has 0 aliphatic carbocycles. The Hall–Kier alpha value is 0.990. The second kappa shape index (κ2) is 5.27. The zero-order valence-electron chi connectivity index (χ0n) is 13.3. The molecule has 0 bridgehead atoms. The van der Waals surface area contributed by atoms with Crippen LogP contribution in [0.1, 0.15) is 67.2 Å². The van der Waals surface area contributed by atoms with Gasteiger partial charge >= 0.3 is 0 Å². The van der Waals surface area contributed by atoms with Crippen LogP contribution < -0.4 is 0 Å². The van der Waals surface area contributed by atoms with Crippen LogP contribution in [0, 0.1) is 0 Å². The topological polar surface area (TPSA) is 0 Å². The van der Waals surface area contributed by atoms with E-state index in [1.165, 1.54) is 11.3 Å². The van der Waals surface area contributed by atoms with Crippen molar-refractivity contribution < 1.29 is 0 Å². The second-order valence-electron chi connectivity index (χ2n) is 8.15. The summed E-state index contributed by atoms with van der Waals surface area (Å²) in [5.41, 5.74) is 2.55. The van der Waals surface area contributed by atoms with Gasteiger partial charge in [-0.05, 0) is 67.2 Å². The Balaban J connectivity index is 2.35. The Morgan fingerprint density at radius 1 is 0.700 bits per heavy atom. The predicted molar refractivity (Wildman–Crippen MR) is 109 cm³/mol. The zero-order chi connectivity index (χ0) is 15.4. The standard InChI is InChI=1S/C16H38B2P2/c1-15(2,3)19(17)11-7-9-13(19)14-10-8-12-20(14,18)16(4,5)6/h13-14H,7-12H2,1-6,17-18H3/t13-,14+,19?,20?. The third-order valence-corrected chi connectivity index (χ3v) is 12.9. The first-order valence-electron chi connectivity index (χ1n) is 7.75. The molecule has 2 aliphatic rings. The fourth-order valence-electron chi connectivity index (χ4n) is 4.05. The van der Waals surface area contributed by atoms with Crippen LogP contribution in [0.25, 0.3) is 0 Å². The third-order valence-electron chi connectivity index (χ3n) is 4.77. The van der Waals surface area contributed by atoms with Crippen LogP contribution >= 0.6 is 14.3 Å². The van der Waals surface area contributed by atoms with Gasteiger partial charge in [-0.2, -0.15) is 0 Å². The van der Waals surface area contributed by atoms with E-state index < -0.39 is 14.3 Å². The van der Waals surface area contributed by atoms with E-state index in [0.29, 0.717) is 25.4 Å². The van der Waals surface area contributed by atoms with Gasteiger partial charge in [0.05, 0.1) is 11.3 Å². The van der Waals surface area contributed by atoms with E-state index in [1.54, 1.807) is 38.0 Å². The molecule has 0 spiro atoms. The molecule has 2 unspecified atom stereocenters. The Bertz CT molecular complexity index is 336. The summed E-state index contributed by atoms with van der Waals surface area (Å²) in [6.45, 7) is 15.8. The van der Waals surface area contributed by atoms with Gasteiger partial charge in [0.25, 0.3) is 0 Å². The van der Waals surface area contributed by atoms with E-state index >= 15 is 0 Å². The molecule has 0 aromatic heterocycles. The molecule has 118 valence electrons. The maximum Gasteiger partial charge on any atom is 0.128 e. The SMILES string of the molecule is [BH3-][P+]1(C(C)(C)C)CCC[C@@H]1[C@@H]1CCC[P+]1([BH3-])C(C)(C)C. The van der Waals surface area contributed by atoms with Crippen molar-refractivity contribution in [2.75, 3.05) is 12.3 Å². The molecular weight excluding hydrogens is 276 g/mol. The highest BCUT2D eigenvalue weighted by atomic mass is 31.2. The van der Waals surface area contributed by atoms with Gasteiger partial charge in [0.2, 0.25) is 0 Å². The minimum Gasteiger partial charge on any atom is -0.146 e. The van der Waals surface area contributed by atoms with E-state index in [1.807, 2.05) is 0 Å². The molecule has 0 aromatic carbocycles. The summed E-state index contributed by atoms with van der Waals surface area (Å²) in [5, 5.41) is 1.42. The minimum absolute atomic E-state index is 0.495. The number of hydrogen-bond donors (Lipinski definition) is 0. The molecule has 2 rings (SSSR count). The summed E-state index contributed by atoms with van der Waals surface area (Å²) in [4.78, 5) is 0. The van der Waals surface area contributed by atoms with Gasteiger partial charge in [-0.15, -0.1) is 14.3 Å². The molecule has 0 N–H and O–H groups in total. The first-order valence-corrected chi connectivity index (χ1v) is 10.9. The van der Waals surface area contributed by atoms with Crippen LogP contribution in [0.3, 0.4) is 0 Å². The minimum atomic E-state index is -0.495. The van der Waals surface area contributed by atoms with Crippen molar-refractivity contribution in [1.82, 2.24) is 0 Å².